The first-order chi connectivity index (χ1) is 21.3. The molecule has 2 aromatic rings. The van der Waals surface area contributed by atoms with Crippen LogP contribution in [0.4, 0.5) is 33.3 Å². The fourth-order valence-electron chi connectivity index (χ4n) is 6.34. The van der Waals surface area contributed by atoms with E-state index < -0.39 is 34.9 Å². The highest BCUT2D eigenvalue weighted by atomic mass is 19.4. The van der Waals surface area contributed by atoms with Crippen molar-refractivity contribution in [2.24, 2.45) is 0 Å². The van der Waals surface area contributed by atoms with E-state index in [-0.39, 0.29) is 41.6 Å². The molecule has 0 bridgehead atoms. The highest BCUT2D eigenvalue weighted by Gasteiger charge is 2.40. The molecule has 0 radical (unpaired) electrons. The number of benzene rings is 2. The van der Waals surface area contributed by atoms with Crippen molar-refractivity contribution in [3.8, 4) is 11.1 Å². The van der Waals surface area contributed by atoms with Gasteiger partial charge in [0.25, 0.3) is 5.91 Å². The van der Waals surface area contributed by atoms with E-state index in [9.17, 15) is 22.4 Å². The summed E-state index contributed by atoms with van der Waals surface area (Å²) in [6, 6.07) is 7.87. The fraction of sp³-hybridized carbons (Fsp3) is 0.441. The van der Waals surface area contributed by atoms with Gasteiger partial charge in [0.15, 0.2) is 0 Å². The molecule has 1 amide bonds. The predicted molar refractivity (Wildman–Crippen MR) is 168 cm³/mol. The Morgan fingerprint density at radius 3 is 2.38 bits per heavy atom. The lowest BCUT2D eigenvalue weighted by Gasteiger charge is -2.44. The van der Waals surface area contributed by atoms with Crippen LogP contribution in [-0.4, -0.2) is 55.2 Å². The number of halogens is 5. The van der Waals surface area contributed by atoms with Gasteiger partial charge >= 0.3 is 6.18 Å². The Bertz CT molecular complexity index is 1500. The van der Waals surface area contributed by atoms with Crippen molar-refractivity contribution in [1.29, 1.82) is 0 Å². The van der Waals surface area contributed by atoms with E-state index in [1.807, 2.05) is 7.05 Å². The van der Waals surface area contributed by atoms with E-state index in [4.69, 9.17) is 0 Å². The third-order valence-corrected chi connectivity index (χ3v) is 9.14. The number of carbonyl (C=O) groups is 1. The van der Waals surface area contributed by atoms with E-state index in [0.717, 1.165) is 44.0 Å². The molecule has 6 nitrogen and oxygen atoms in total. The number of hydrogen-bond donors (Lipinski definition) is 3. The van der Waals surface area contributed by atoms with Gasteiger partial charge < -0.3 is 20.9 Å². The van der Waals surface area contributed by atoms with E-state index in [1.54, 1.807) is 18.2 Å². The van der Waals surface area contributed by atoms with Crippen LogP contribution in [0.1, 0.15) is 51.5 Å². The summed E-state index contributed by atoms with van der Waals surface area (Å²) >= 11 is 0. The van der Waals surface area contributed by atoms with E-state index in [0.29, 0.717) is 29.9 Å². The molecular weight excluding hydrogens is 589 g/mol. The number of nitrogens with zero attached hydrogens (tertiary/aromatic N) is 2. The van der Waals surface area contributed by atoms with E-state index in [1.165, 1.54) is 12.5 Å². The number of amides is 1. The van der Waals surface area contributed by atoms with Crippen LogP contribution in [0.2, 0.25) is 0 Å². The maximum Gasteiger partial charge on any atom is 0.417 e. The zero-order valence-electron chi connectivity index (χ0n) is 25.8. The molecule has 5 rings (SSSR count). The van der Waals surface area contributed by atoms with Crippen LogP contribution in [0.3, 0.4) is 0 Å². The summed E-state index contributed by atoms with van der Waals surface area (Å²) < 4.78 is 71.8. The smallest absolute Gasteiger partial charge is 0.367 e. The Morgan fingerprint density at radius 2 is 1.71 bits per heavy atom. The molecule has 1 saturated heterocycles. The molecule has 45 heavy (non-hydrogen) atoms. The van der Waals surface area contributed by atoms with Crippen LogP contribution in [0.5, 0.6) is 0 Å². The van der Waals surface area contributed by atoms with Crippen molar-refractivity contribution >= 4 is 17.3 Å². The Hall–Kier alpha value is -3.70. The first kappa shape index (κ1) is 32.7. The predicted octanol–water partition coefficient (Wildman–Crippen LogP) is 7.01. The summed E-state index contributed by atoms with van der Waals surface area (Å²) in [6.07, 6.45) is 2.41. The van der Waals surface area contributed by atoms with E-state index in [2.05, 4.69) is 46.2 Å². The number of anilines is 2. The maximum atomic E-state index is 15.3. The summed E-state index contributed by atoms with van der Waals surface area (Å²) in [7, 11) is 2.03. The normalized spacial score (nSPS) is 21.7. The van der Waals surface area contributed by atoms with Crippen LogP contribution >= 0.6 is 0 Å². The van der Waals surface area contributed by atoms with Gasteiger partial charge in [0.2, 0.25) is 0 Å². The lowest BCUT2D eigenvalue weighted by atomic mass is 9.95. The summed E-state index contributed by atoms with van der Waals surface area (Å²) in [5.74, 6) is -2.42. The van der Waals surface area contributed by atoms with Gasteiger partial charge in [-0.15, -0.1) is 0 Å². The lowest BCUT2D eigenvalue weighted by molar-refractivity contribution is -0.115. The molecule has 0 spiro atoms. The molecule has 3 aliphatic rings. The molecular formula is C34H40F5N5O. The maximum absolute atomic E-state index is 15.3. The minimum absolute atomic E-state index is 0.00235. The zero-order chi connectivity index (χ0) is 32.5. The molecule has 2 heterocycles. The van der Waals surface area contributed by atoms with Gasteiger partial charge in [-0.3, -0.25) is 9.69 Å². The van der Waals surface area contributed by atoms with Crippen LogP contribution in [0, 0.1) is 11.6 Å². The third-order valence-electron chi connectivity index (χ3n) is 9.14. The summed E-state index contributed by atoms with van der Waals surface area (Å²) in [4.78, 5) is 17.7. The van der Waals surface area contributed by atoms with Crippen LogP contribution in [0.15, 0.2) is 66.0 Å². The first-order valence-corrected chi connectivity index (χ1v) is 15.4. The van der Waals surface area contributed by atoms with Crippen LogP contribution in [0.25, 0.3) is 11.1 Å². The second-order valence-electron chi connectivity index (χ2n) is 12.4. The molecule has 3 N–H and O–H groups in total. The number of likely N-dealkylation sites (N-methyl/N-ethyl adjacent to an activating group) is 1. The average Bonchev–Trinajstić information content (AvgIpc) is 2.99. The second kappa shape index (κ2) is 13.3. The van der Waals surface area contributed by atoms with Gasteiger partial charge in [0.05, 0.1) is 22.5 Å². The number of nitrogens with one attached hydrogen (secondary N) is 3. The topological polar surface area (TPSA) is 59.6 Å². The van der Waals surface area contributed by atoms with E-state index >= 15 is 4.39 Å². The van der Waals surface area contributed by atoms with Gasteiger partial charge in [-0.05, 0) is 63.6 Å². The number of piperazine rings is 1. The number of rotatable bonds is 7. The number of carbonyl (C=O) groups excluding carboxylic acids is 1. The Balaban J connectivity index is 1.50. The quantitative estimate of drug-likeness (QED) is 0.288. The molecule has 2 atom stereocenters. The molecule has 2 aromatic carbocycles. The Labute approximate surface area is 261 Å². The third kappa shape index (κ3) is 7.41. The monoisotopic (exact) mass is 629 g/mol. The molecule has 0 aromatic heterocycles. The number of alkyl halides is 3. The average molecular weight is 630 g/mol. The van der Waals surface area contributed by atoms with Gasteiger partial charge in [-0.1, -0.05) is 31.9 Å². The SMILES string of the molecule is C=C1C=C(C(F)(F)F)C(C(=O)Nc2cc(-c3cc(CNC4CCCCC4)c(F)cc3F)ccc2N2C[C@@H](C)N(C)[C@@H](C)C2)=CN1. The summed E-state index contributed by atoms with van der Waals surface area (Å²) in [6.45, 7) is 9.09. The van der Waals surface area contributed by atoms with Crippen molar-refractivity contribution in [3.63, 3.8) is 0 Å². The zero-order valence-corrected chi connectivity index (χ0v) is 25.8. The molecule has 242 valence electrons. The van der Waals surface area contributed by atoms with Crippen molar-refractivity contribution in [1.82, 2.24) is 15.5 Å². The van der Waals surface area contributed by atoms with Crippen LogP contribution in [-0.2, 0) is 11.3 Å². The minimum Gasteiger partial charge on any atom is -0.367 e. The van der Waals surface area contributed by atoms with Gasteiger partial charge in [0, 0.05) is 66.9 Å². The minimum atomic E-state index is -4.79. The highest BCUT2D eigenvalue weighted by Crippen LogP contribution is 2.38. The van der Waals surface area contributed by atoms with Crippen molar-refractivity contribution in [2.45, 2.75) is 76.8 Å². The van der Waals surface area contributed by atoms with Crippen molar-refractivity contribution in [2.75, 3.05) is 30.4 Å². The van der Waals surface area contributed by atoms with Crippen molar-refractivity contribution < 1.29 is 26.7 Å². The van der Waals surface area contributed by atoms with Crippen molar-refractivity contribution in [3.05, 3.63) is 83.2 Å². The van der Waals surface area contributed by atoms with Gasteiger partial charge in [-0.2, -0.15) is 13.2 Å². The Morgan fingerprint density at radius 1 is 1.02 bits per heavy atom. The van der Waals surface area contributed by atoms with Crippen LogP contribution < -0.4 is 20.9 Å². The molecule has 11 heteroatoms. The molecule has 2 aliphatic heterocycles. The van der Waals surface area contributed by atoms with Gasteiger partial charge in [-0.25, -0.2) is 8.78 Å². The fourth-order valence-corrected chi connectivity index (χ4v) is 6.34. The Kier molecular flexibility index (Phi) is 9.69. The molecule has 1 aliphatic carbocycles. The largest absolute Gasteiger partial charge is 0.417 e. The van der Waals surface area contributed by atoms with Gasteiger partial charge in [0.1, 0.15) is 11.6 Å². The first-order valence-electron chi connectivity index (χ1n) is 15.4. The molecule has 0 unspecified atom stereocenters. The lowest BCUT2D eigenvalue weighted by Crippen LogP contribution is -2.55. The number of dihydropyridines is 1. The summed E-state index contributed by atoms with van der Waals surface area (Å²) in [5.41, 5.74) is -0.111. The standard InChI is InChI=1S/C34H40F5N5O/c1-20-12-28(34(37,38)39)27(17-40-20)33(45)42-31-14-23(10-11-32(31)44-18-21(2)43(4)22(3)19-44)26-13-24(29(35)15-30(26)36)16-41-25-8-6-5-7-9-25/h10-15,17,21-22,25,40-41H,1,5-9,16,18-19H2,2-4H3,(H,42,45)/t21-,22+. The molecule has 2 fully saturated rings. The number of allylic oxidation sites excluding steroid dienone is 1. The number of hydrogen-bond acceptors (Lipinski definition) is 5. The highest BCUT2D eigenvalue weighted by molar-refractivity contribution is 6.09. The second-order valence-corrected chi connectivity index (χ2v) is 12.4. The molecule has 1 saturated carbocycles. The summed E-state index contributed by atoms with van der Waals surface area (Å²) in [5, 5.41) is 8.65.